The van der Waals surface area contributed by atoms with Gasteiger partial charge in [0.25, 0.3) is 0 Å². The smallest absolute Gasteiger partial charge is 0.128 e. The summed E-state index contributed by atoms with van der Waals surface area (Å²) in [6.45, 7) is 12.5. The number of phenols is 1. The Kier molecular flexibility index (Phi) is 4.43. The molecule has 0 spiro atoms. The van der Waals surface area contributed by atoms with E-state index in [1.807, 2.05) is 30.5 Å². The van der Waals surface area contributed by atoms with Crippen molar-refractivity contribution in [2.45, 2.75) is 39.3 Å². The van der Waals surface area contributed by atoms with Crippen LogP contribution in [0.2, 0.25) is 0 Å². The van der Waals surface area contributed by atoms with Gasteiger partial charge in [-0.15, -0.1) is 0 Å². The van der Waals surface area contributed by atoms with E-state index in [1.54, 1.807) is 12.1 Å². The summed E-state index contributed by atoms with van der Waals surface area (Å²) in [4.78, 5) is 9.35. The number of piperazine rings is 1. The number of benzene rings is 1. The third-order valence-electron chi connectivity index (χ3n) is 7.17. The predicted octanol–water partition coefficient (Wildman–Crippen LogP) is 3.23. The van der Waals surface area contributed by atoms with Crippen LogP contribution in [0.3, 0.4) is 0 Å². The summed E-state index contributed by atoms with van der Waals surface area (Å²) in [5.41, 5.74) is -0.679. The summed E-state index contributed by atoms with van der Waals surface area (Å²) in [5, 5.41) is 21.5. The normalized spacial score (nSPS) is 29.3. The molecule has 1 aliphatic heterocycles. The number of aromatic hydroxyl groups is 1. The summed E-state index contributed by atoms with van der Waals surface area (Å²) in [6.07, 6.45) is 1.84. The maximum absolute atomic E-state index is 11.8. The Hall–Kier alpha value is -2.11. The molecule has 0 bridgehead atoms. The van der Waals surface area contributed by atoms with Crippen molar-refractivity contribution in [3.05, 3.63) is 54.2 Å². The van der Waals surface area contributed by atoms with Crippen LogP contribution in [0.15, 0.2) is 48.7 Å². The second-order valence-electron chi connectivity index (χ2n) is 9.31. The van der Waals surface area contributed by atoms with Crippen LogP contribution < -0.4 is 4.90 Å². The first kappa shape index (κ1) is 19.2. The highest BCUT2D eigenvalue weighted by atomic mass is 16.3. The molecule has 28 heavy (non-hydrogen) atoms. The number of phenolic OH excluding ortho intramolecular Hbond substituents is 1. The van der Waals surface area contributed by atoms with E-state index in [9.17, 15) is 10.2 Å². The number of nitrogens with zero attached hydrogens (tertiary/aromatic N) is 3. The maximum atomic E-state index is 11.8. The van der Waals surface area contributed by atoms with Gasteiger partial charge in [-0.1, -0.05) is 45.9 Å². The minimum Gasteiger partial charge on any atom is -0.508 e. The van der Waals surface area contributed by atoms with Gasteiger partial charge in [0.05, 0.1) is 0 Å². The van der Waals surface area contributed by atoms with Crippen molar-refractivity contribution in [3.8, 4) is 5.75 Å². The molecular formula is C23H31N3O2. The van der Waals surface area contributed by atoms with Crippen LogP contribution in [0.25, 0.3) is 0 Å². The quantitative estimate of drug-likeness (QED) is 0.855. The third-order valence-corrected chi connectivity index (χ3v) is 7.17. The molecule has 2 heterocycles. The Morgan fingerprint density at radius 2 is 1.50 bits per heavy atom. The Labute approximate surface area is 167 Å². The Balaban J connectivity index is 1.54. The molecule has 2 N–H and O–H groups in total. The van der Waals surface area contributed by atoms with Gasteiger partial charge in [0.2, 0.25) is 0 Å². The third kappa shape index (κ3) is 2.56. The number of pyridine rings is 1. The highest BCUT2D eigenvalue weighted by Gasteiger charge is 2.73. The van der Waals surface area contributed by atoms with Crippen molar-refractivity contribution >= 4 is 5.82 Å². The largest absolute Gasteiger partial charge is 0.508 e. The zero-order valence-electron chi connectivity index (χ0n) is 17.3. The van der Waals surface area contributed by atoms with Crippen LogP contribution in [0, 0.1) is 10.8 Å². The average Bonchev–Trinajstić information content (AvgIpc) is 2.68. The van der Waals surface area contributed by atoms with Crippen LogP contribution in [0.5, 0.6) is 5.75 Å². The van der Waals surface area contributed by atoms with Gasteiger partial charge in [-0.3, -0.25) is 4.90 Å². The van der Waals surface area contributed by atoms with E-state index >= 15 is 0 Å². The number of aromatic nitrogens is 1. The van der Waals surface area contributed by atoms with Gasteiger partial charge in [-0.2, -0.15) is 0 Å². The molecule has 0 amide bonds. The molecule has 0 atom stereocenters. The zero-order chi connectivity index (χ0) is 20.2. The monoisotopic (exact) mass is 381 g/mol. The average molecular weight is 382 g/mol. The van der Waals surface area contributed by atoms with Gasteiger partial charge in [0, 0.05) is 49.2 Å². The second-order valence-corrected chi connectivity index (χ2v) is 9.31. The summed E-state index contributed by atoms with van der Waals surface area (Å²) < 4.78 is 0. The first-order chi connectivity index (χ1) is 13.2. The highest BCUT2D eigenvalue weighted by Crippen LogP contribution is 2.68. The lowest BCUT2D eigenvalue weighted by molar-refractivity contribution is -0.307. The molecule has 1 aromatic carbocycles. The molecule has 1 aliphatic carbocycles. The number of anilines is 1. The van der Waals surface area contributed by atoms with Crippen molar-refractivity contribution in [1.29, 1.82) is 0 Å². The number of aliphatic hydroxyl groups is 1. The molecule has 0 radical (unpaired) electrons. The Morgan fingerprint density at radius 1 is 0.893 bits per heavy atom. The standard InChI is InChI=1S/C23H31N3O2/c1-21(2)20(22(3,4)23(21,28)17-8-10-18(27)11-9-17)26-15-13-25(14-16-26)19-7-5-6-12-24-19/h5-12,20,27-28H,13-16H2,1-4H3/t20-,23+. The summed E-state index contributed by atoms with van der Waals surface area (Å²) in [6, 6.07) is 13.4. The summed E-state index contributed by atoms with van der Waals surface area (Å²) >= 11 is 0. The van der Waals surface area contributed by atoms with Crippen LogP contribution in [0.1, 0.15) is 33.3 Å². The molecule has 1 saturated carbocycles. The van der Waals surface area contributed by atoms with Crippen molar-refractivity contribution in [1.82, 2.24) is 9.88 Å². The lowest BCUT2D eigenvalue weighted by Crippen LogP contribution is -2.79. The Bertz CT molecular complexity index is 809. The van der Waals surface area contributed by atoms with E-state index < -0.39 is 5.60 Å². The molecule has 150 valence electrons. The zero-order valence-corrected chi connectivity index (χ0v) is 17.3. The van der Waals surface area contributed by atoms with E-state index in [2.05, 4.69) is 48.5 Å². The van der Waals surface area contributed by atoms with Crippen molar-refractivity contribution in [2.24, 2.45) is 10.8 Å². The summed E-state index contributed by atoms with van der Waals surface area (Å²) in [5.74, 6) is 1.26. The topological polar surface area (TPSA) is 59.8 Å². The first-order valence-electron chi connectivity index (χ1n) is 10.1. The van der Waals surface area contributed by atoms with Gasteiger partial charge in [-0.25, -0.2) is 4.98 Å². The molecule has 2 aromatic rings. The van der Waals surface area contributed by atoms with Gasteiger partial charge in [-0.05, 0) is 29.8 Å². The molecule has 2 fully saturated rings. The van der Waals surface area contributed by atoms with Gasteiger partial charge in [0.1, 0.15) is 17.2 Å². The van der Waals surface area contributed by atoms with E-state index in [1.165, 1.54) is 0 Å². The molecule has 1 saturated heterocycles. The van der Waals surface area contributed by atoms with E-state index in [0.29, 0.717) is 0 Å². The molecule has 2 aliphatic rings. The van der Waals surface area contributed by atoms with Crippen molar-refractivity contribution in [2.75, 3.05) is 31.1 Å². The maximum Gasteiger partial charge on any atom is 0.128 e. The number of hydrogen-bond donors (Lipinski definition) is 2. The first-order valence-corrected chi connectivity index (χ1v) is 10.1. The molecule has 4 rings (SSSR count). The fraction of sp³-hybridized carbons (Fsp3) is 0.522. The minimum atomic E-state index is -0.948. The molecule has 5 nitrogen and oxygen atoms in total. The number of rotatable bonds is 3. The number of hydrogen-bond acceptors (Lipinski definition) is 5. The molecular weight excluding hydrogens is 350 g/mol. The van der Waals surface area contributed by atoms with Gasteiger partial charge >= 0.3 is 0 Å². The fourth-order valence-electron chi connectivity index (χ4n) is 6.16. The SMILES string of the molecule is CC1(C)[C@H](N2CCN(c3ccccn3)CC2)C(C)(C)[C@@]1(O)c1ccc(O)cc1. The van der Waals surface area contributed by atoms with E-state index in [-0.39, 0.29) is 22.6 Å². The van der Waals surface area contributed by atoms with Gasteiger partial charge in [0.15, 0.2) is 0 Å². The molecule has 0 unspecified atom stereocenters. The van der Waals surface area contributed by atoms with E-state index in [0.717, 1.165) is 37.6 Å². The summed E-state index contributed by atoms with van der Waals surface area (Å²) in [7, 11) is 0. The van der Waals surface area contributed by atoms with Gasteiger partial charge < -0.3 is 15.1 Å². The second kappa shape index (κ2) is 6.46. The van der Waals surface area contributed by atoms with Crippen molar-refractivity contribution < 1.29 is 10.2 Å². The Morgan fingerprint density at radius 3 is 2.04 bits per heavy atom. The fourth-order valence-corrected chi connectivity index (χ4v) is 6.16. The van der Waals surface area contributed by atoms with E-state index in [4.69, 9.17) is 0 Å². The van der Waals surface area contributed by atoms with Crippen LogP contribution in [-0.2, 0) is 5.60 Å². The minimum absolute atomic E-state index is 0.226. The molecule has 5 heteroatoms. The highest BCUT2D eigenvalue weighted by molar-refractivity contribution is 5.41. The van der Waals surface area contributed by atoms with Crippen molar-refractivity contribution in [3.63, 3.8) is 0 Å². The van der Waals surface area contributed by atoms with Crippen LogP contribution in [0.4, 0.5) is 5.82 Å². The predicted molar refractivity (Wildman–Crippen MR) is 111 cm³/mol. The van der Waals surface area contributed by atoms with Crippen LogP contribution >= 0.6 is 0 Å². The lowest BCUT2D eigenvalue weighted by atomic mass is 9.39. The lowest BCUT2D eigenvalue weighted by Gasteiger charge is -2.72. The molecule has 1 aromatic heterocycles. The van der Waals surface area contributed by atoms with Crippen LogP contribution in [-0.4, -0.2) is 52.3 Å².